The molecule has 8 heteroatoms. The maximum atomic E-state index is 12.0. The van der Waals surface area contributed by atoms with Gasteiger partial charge < -0.3 is 0 Å². The molecular formula is C15H15N3O4S. The molecule has 1 atom stereocenters. The fraction of sp³-hybridized carbons (Fsp3) is 0.267. The first-order chi connectivity index (χ1) is 10.9. The third-order valence-corrected chi connectivity index (χ3v) is 5.50. The van der Waals surface area contributed by atoms with E-state index in [4.69, 9.17) is 0 Å². The van der Waals surface area contributed by atoms with Crippen molar-refractivity contribution in [2.45, 2.75) is 6.42 Å². The summed E-state index contributed by atoms with van der Waals surface area (Å²) in [6, 6.07) is 10.7. The summed E-state index contributed by atoms with van der Waals surface area (Å²) in [5.74, 6) is -1.84. The van der Waals surface area contributed by atoms with E-state index in [2.05, 4.69) is 15.8 Å². The van der Waals surface area contributed by atoms with Crippen LogP contribution in [0.15, 0.2) is 36.4 Å². The van der Waals surface area contributed by atoms with E-state index in [9.17, 15) is 18.0 Å². The van der Waals surface area contributed by atoms with Crippen molar-refractivity contribution in [3.8, 4) is 0 Å². The number of benzene rings is 1. The average Bonchev–Trinajstić information content (AvgIpc) is 2.92. The van der Waals surface area contributed by atoms with Gasteiger partial charge in [0.1, 0.15) is 5.69 Å². The Bertz CT molecular complexity index is 879. The summed E-state index contributed by atoms with van der Waals surface area (Å²) in [5.41, 5.74) is 5.38. The Kier molecular flexibility index (Phi) is 3.99. The van der Waals surface area contributed by atoms with Crippen LogP contribution in [0, 0.1) is 5.92 Å². The molecule has 1 aromatic carbocycles. The molecule has 0 spiro atoms. The first kappa shape index (κ1) is 15.4. The highest BCUT2D eigenvalue weighted by Crippen LogP contribution is 2.18. The van der Waals surface area contributed by atoms with Crippen molar-refractivity contribution in [2.24, 2.45) is 5.92 Å². The number of hydrazine groups is 1. The molecule has 1 aliphatic heterocycles. The van der Waals surface area contributed by atoms with Gasteiger partial charge in [-0.1, -0.05) is 24.3 Å². The normalized spacial score (nSPS) is 19.4. The molecule has 3 rings (SSSR count). The van der Waals surface area contributed by atoms with E-state index in [1.807, 2.05) is 18.2 Å². The van der Waals surface area contributed by atoms with Gasteiger partial charge in [-0.25, -0.2) is 13.4 Å². The molecule has 1 aromatic heterocycles. The largest absolute Gasteiger partial charge is 0.288 e. The van der Waals surface area contributed by atoms with Gasteiger partial charge in [-0.15, -0.1) is 0 Å². The predicted octanol–water partition coefficient (Wildman–Crippen LogP) is 0.431. The van der Waals surface area contributed by atoms with Gasteiger partial charge in [0.05, 0.1) is 22.9 Å². The number of rotatable bonds is 2. The van der Waals surface area contributed by atoms with Crippen LogP contribution in [0.2, 0.25) is 0 Å². The number of pyridine rings is 1. The van der Waals surface area contributed by atoms with Gasteiger partial charge in [0.15, 0.2) is 9.84 Å². The Morgan fingerprint density at radius 2 is 1.87 bits per heavy atom. The van der Waals surface area contributed by atoms with E-state index in [0.29, 0.717) is 5.52 Å². The van der Waals surface area contributed by atoms with E-state index < -0.39 is 27.6 Å². The van der Waals surface area contributed by atoms with Crippen LogP contribution in [0.1, 0.15) is 16.9 Å². The molecule has 1 fully saturated rings. The van der Waals surface area contributed by atoms with Crippen molar-refractivity contribution >= 4 is 32.6 Å². The Morgan fingerprint density at radius 3 is 2.61 bits per heavy atom. The first-order valence-electron chi connectivity index (χ1n) is 7.11. The number of hydrogen-bond donors (Lipinski definition) is 2. The SMILES string of the molecule is O=C(NNC(=O)[C@H]1CCS(=O)(=O)C1)c1ccc2ccccc2n1. The fourth-order valence-electron chi connectivity index (χ4n) is 2.48. The van der Waals surface area contributed by atoms with E-state index in [1.165, 1.54) is 0 Å². The van der Waals surface area contributed by atoms with Crippen LogP contribution < -0.4 is 10.9 Å². The minimum Gasteiger partial charge on any atom is -0.273 e. The molecular weight excluding hydrogens is 318 g/mol. The maximum absolute atomic E-state index is 12.0. The summed E-state index contributed by atoms with van der Waals surface area (Å²) in [6.45, 7) is 0. The van der Waals surface area contributed by atoms with E-state index in [1.54, 1.807) is 18.2 Å². The smallest absolute Gasteiger partial charge is 0.273 e. The van der Waals surface area contributed by atoms with Crippen molar-refractivity contribution in [1.29, 1.82) is 0 Å². The number of nitrogens with one attached hydrogen (secondary N) is 2. The number of nitrogens with zero attached hydrogens (tertiary/aromatic N) is 1. The number of carbonyl (C=O) groups excluding carboxylic acids is 2. The predicted molar refractivity (Wildman–Crippen MR) is 84.1 cm³/mol. The molecule has 0 bridgehead atoms. The van der Waals surface area contributed by atoms with Gasteiger partial charge in [-0.05, 0) is 18.6 Å². The molecule has 120 valence electrons. The number of aromatic nitrogens is 1. The highest BCUT2D eigenvalue weighted by Gasteiger charge is 2.33. The summed E-state index contributed by atoms with van der Waals surface area (Å²) in [6.07, 6.45) is 0.276. The zero-order chi connectivity index (χ0) is 16.4. The molecule has 23 heavy (non-hydrogen) atoms. The van der Waals surface area contributed by atoms with Crippen molar-refractivity contribution in [2.75, 3.05) is 11.5 Å². The van der Waals surface area contributed by atoms with Crippen molar-refractivity contribution in [3.63, 3.8) is 0 Å². The highest BCUT2D eigenvalue weighted by atomic mass is 32.2. The van der Waals surface area contributed by atoms with Crippen LogP contribution in [0.5, 0.6) is 0 Å². The lowest BCUT2D eigenvalue weighted by atomic mass is 10.1. The lowest BCUT2D eigenvalue weighted by Crippen LogP contribution is -2.45. The number of sulfone groups is 1. The van der Waals surface area contributed by atoms with Crippen LogP contribution in [0.3, 0.4) is 0 Å². The van der Waals surface area contributed by atoms with Gasteiger partial charge in [0.25, 0.3) is 5.91 Å². The summed E-state index contributed by atoms with van der Waals surface area (Å²) in [5, 5.41) is 0.907. The molecule has 0 aliphatic carbocycles. The van der Waals surface area contributed by atoms with Gasteiger partial charge in [0.2, 0.25) is 5.91 Å². The van der Waals surface area contributed by atoms with Crippen LogP contribution in [-0.2, 0) is 14.6 Å². The van der Waals surface area contributed by atoms with Crippen LogP contribution in [-0.4, -0.2) is 36.7 Å². The molecule has 1 aliphatic rings. The second-order valence-corrected chi connectivity index (χ2v) is 7.66. The molecule has 7 nitrogen and oxygen atoms in total. The molecule has 2 N–H and O–H groups in total. The summed E-state index contributed by atoms with van der Waals surface area (Å²) in [7, 11) is -3.14. The maximum Gasteiger partial charge on any atom is 0.288 e. The second kappa shape index (κ2) is 5.96. The Labute approximate surface area is 133 Å². The van der Waals surface area contributed by atoms with Crippen LogP contribution in [0.4, 0.5) is 0 Å². The van der Waals surface area contributed by atoms with E-state index in [-0.39, 0.29) is 23.6 Å². The third kappa shape index (κ3) is 3.48. The number of hydrogen-bond acceptors (Lipinski definition) is 5. The molecule has 1 saturated heterocycles. The minimum absolute atomic E-state index is 0.00522. The number of amides is 2. The average molecular weight is 333 g/mol. The molecule has 2 amide bonds. The highest BCUT2D eigenvalue weighted by molar-refractivity contribution is 7.91. The monoisotopic (exact) mass is 333 g/mol. The summed E-state index contributed by atoms with van der Waals surface area (Å²) < 4.78 is 22.7. The molecule has 2 aromatic rings. The van der Waals surface area contributed by atoms with Gasteiger partial charge in [0, 0.05) is 5.39 Å². The Morgan fingerprint density at radius 1 is 1.09 bits per heavy atom. The second-order valence-electron chi connectivity index (χ2n) is 5.43. The van der Waals surface area contributed by atoms with Crippen molar-refractivity contribution < 1.29 is 18.0 Å². The van der Waals surface area contributed by atoms with Gasteiger partial charge in [-0.3, -0.25) is 20.4 Å². The zero-order valence-corrected chi connectivity index (χ0v) is 13.0. The van der Waals surface area contributed by atoms with Crippen LogP contribution in [0.25, 0.3) is 10.9 Å². The third-order valence-electron chi connectivity index (χ3n) is 3.73. The number of para-hydroxylation sites is 1. The molecule has 2 heterocycles. The quantitative estimate of drug-likeness (QED) is 0.776. The van der Waals surface area contributed by atoms with Crippen molar-refractivity contribution in [1.82, 2.24) is 15.8 Å². The van der Waals surface area contributed by atoms with E-state index >= 15 is 0 Å². The van der Waals surface area contributed by atoms with Crippen molar-refractivity contribution in [3.05, 3.63) is 42.1 Å². The lowest BCUT2D eigenvalue weighted by molar-refractivity contribution is -0.125. The summed E-state index contributed by atoms with van der Waals surface area (Å²) >= 11 is 0. The molecule has 0 radical (unpaired) electrons. The van der Waals surface area contributed by atoms with Gasteiger partial charge in [-0.2, -0.15) is 0 Å². The van der Waals surface area contributed by atoms with Crippen LogP contribution >= 0.6 is 0 Å². The number of carbonyl (C=O) groups is 2. The Balaban J connectivity index is 1.63. The molecule has 0 saturated carbocycles. The molecule has 0 unspecified atom stereocenters. The topological polar surface area (TPSA) is 105 Å². The summed E-state index contributed by atoms with van der Waals surface area (Å²) in [4.78, 5) is 28.1. The zero-order valence-electron chi connectivity index (χ0n) is 12.2. The standard InChI is InChI=1S/C15H15N3O4S/c19-14(11-7-8-23(21,22)9-11)17-18-15(20)13-6-5-10-3-1-2-4-12(10)16-13/h1-6,11H,7-9H2,(H,17,19)(H,18,20)/t11-/m0/s1. The van der Waals surface area contributed by atoms with Gasteiger partial charge >= 0.3 is 0 Å². The lowest BCUT2D eigenvalue weighted by Gasteiger charge is -2.10. The van der Waals surface area contributed by atoms with E-state index in [0.717, 1.165) is 5.39 Å². The minimum atomic E-state index is -3.14. The Hall–Kier alpha value is -2.48. The first-order valence-corrected chi connectivity index (χ1v) is 8.93. The number of fused-ring (bicyclic) bond motifs is 1. The fourth-order valence-corrected chi connectivity index (χ4v) is 4.22.